The number of halogens is 1. The van der Waals surface area contributed by atoms with Crippen LogP contribution < -0.4 is 11.5 Å². The molecule has 1 rings (SSSR count). The van der Waals surface area contributed by atoms with Gasteiger partial charge in [-0.15, -0.1) is 11.6 Å². The van der Waals surface area contributed by atoms with Crippen molar-refractivity contribution in [2.24, 2.45) is 11.5 Å². The molecule has 0 saturated heterocycles. The molecule has 1 unspecified atom stereocenters. The fourth-order valence-corrected chi connectivity index (χ4v) is 1.81. The number of nitro groups is 1. The minimum atomic E-state index is -1.54. The van der Waals surface area contributed by atoms with Crippen LogP contribution in [-0.2, 0) is 9.53 Å². The monoisotopic (exact) mass is 289 g/mol. The molecule has 7 nitrogen and oxygen atoms in total. The Morgan fingerprint density at radius 3 is 2.84 bits per heavy atom. The molecule has 0 spiro atoms. The first-order valence-corrected chi connectivity index (χ1v) is 6.20. The topological polar surface area (TPSA) is 121 Å². The third-order valence-corrected chi connectivity index (χ3v) is 3.22. The number of carbonyl (C=O) groups excluding carboxylic acids is 1. The van der Waals surface area contributed by atoms with E-state index in [0.29, 0.717) is 17.9 Å². The zero-order chi connectivity index (χ0) is 14.6. The summed E-state index contributed by atoms with van der Waals surface area (Å²) in [5.41, 5.74) is 10.1. The molecule has 0 heterocycles. The molecule has 19 heavy (non-hydrogen) atoms. The number of allylic oxidation sites excluding steroid dienone is 1. The van der Waals surface area contributed by atoms with Gasteiger partial charge in [-0.25, -0.2) is 4.79 Å². The summed E-state index contributed by atoms with van der Waals surface area (Å²) < 4.78 is 4.98. The molecule has 0 radical (unpaired) electrons. The van der Waals surface area contributed by atoms with E-state index in [2.05, 4.69) is 0 Å². The molecule has 0 saturated carbocycles. The summed E-state index contributed by atoms with van der Waals surface area (Å²) >= 11 is 5.47. The van der Waals surface area contributed by atoms with Crippen LogP contribution in [0.5, 0.6) is 0 Å². The minimum absolute atomic E-state index is 0.0112. The number of nitrogens with two attached hydrogens (primary N) is 2. The lowest BCUT2D eigenvalue weighted by atomic mass is 9.82. The molecule has 106 valence electrons. The Labute approximate surface area is 115 Å². The smallest absolute Gasteiger partial charge is 0.331 e. The van der Waals surface area contributed by atoms with Gasteiger partial charge in [-0.2, -0.15) is 0 Å². The standard InChI is InChI=1S/C11H16ClN3O4/c1-7-5-8(13)9(15(17)18)6-11(7,14)10(16)19-4-2-3-12/h5H,2-4,6,13-14H2,1H3. The van der Waals surface area contributed by atoms with Crippen LogP contribution in [0.3, 0.4) is 0 Å². The second-order valence-corrected chi connectivity index (χ2v) is 4.69. The zero-order valence-electron chi connectivity index (χ0n) is 10.5. The van der Waals surface area contributed by atoms with E-state index in [-0.39, 0.29) is 24.4 Å². The van der Waals surface area contributed by atoms with Crippen LogP contribution in [0.2, 0.25) is 0 Å². The van der Waals surface area contributed by atoms with E-state index in [0.717, 1.165) is 0 Å². The van der Waals surface area contributed by atoms with Crippen molar-refractivity contribution in [1.82, 2.24) is 0 Å². The second-order valence-electron chi connectivity index (χ2n) is 4.31. The van der Waals surface area contributed by atoms with Crippen molar-refractivity contribution >= 4 is 17.6 Å². The number of rotatable bonds is 5. The first-order valence-electron chi connectivity index (χ1n) is 5.66. The Morgan fingerprint density at radius 1 is 1.68 bits per heavy atom. The van der Waals surface area contributed by atoms with Crippen LogP contribution in [0.15, 0.2) is 23.0 Å². The average Bonchev–Trinajstić information content (AvgIpc) is 2.33. The van der Waals surface area contributed by atoms with Gasteiger partial charge >= 0.3 is 5.97 Å². The number of hydrogen-bond acceptors (Lipinski definition) is 6. The molecule has 4 N–H and O–H groups in total. The van der Waals surface area contributed by atoms with Gasteiger partial charge in [-0.1, -0.05) is 0 Å². The highest BCUT2D eigenvalue weighted by atomic mass is 35.5. The lowest BCUT2D eigenvalue weighted by Gasteiger charge is -2.29. The van der Waals surface area contributed by atoms with Gasteiger partial charge in [0.1, 0.15) is 11.2 Å². The van der Waals surface area contributed by atoms with Gasteiger partial charge in [0.05, 0.1) is 18.0 Å². The van der Waals surface area contributed by atoms with Crippen molar-refractivity contribution < 1.29 is 14.5 Å². The van der Waals surface area contributed by atoms with Crippen molar-refractivity contribution in [1.29, 1.82) is 0 Å². The summed E-state index contributed by atoms with van der Waals surface area (Å²) in [6.45, 7) is 1.72. The quantitative estimate of drug-likeness (QED) is 0.252. The van der Waals surface area contributed by atoms with Crippen molar-refractivity contribution in [3.8, 4) is 0 Å². The Balaban J connectivity index is 2.92. The van der Waals surface area contributed by atoms with Gasteiger partial charge < -0.3 is 16.2 Å². The van der Waals surface area contributed by atoms with Crippen LogP contribution in [0.4, 0.5) is 0 Å². The van der Waals surface area contributed by atoms with Gasteiger partial charge in [0.2, 0.25) is 0 Å². The van der Waals surface area contributed by atoms with E-state index in [4.69, 9.17) is 27.8 Å². The number of ether oxygens (including phenoxy) is 1. The normalized spacial score (nSPS) is 23.0. The fourth-order valence-electron chi connectivity index (χ4n) is 1.70. The summed E-state index contributed by atoms with van der Waals surface area (Å²) in [4.78, 5) is 22.2. The third kappa shape index (κ3) is 3.24. The molecule has 0 fully saturated rings. The van der Waals surface area contributed by atoms with E-state index in [9.17, 15) is 14.9 Å². The van der Waals surface area contributed by atoms with Crippen LogP contribution in [0, 0.1) is 10.1 Å². The van der Waals surface area contributed by atoms with Crippen molar-refractivity contribution in [2.45, 2.75) is 25.3 Å². The van der Waals surface area contributed by atoms with Crippen molar-refractivity contribution in [2.75, 3.05) is 12.5 Å². The number of alkyl halides is 1. The highest BCUT2D eigenvalue weighted by Crippen LogP contribution is 2.30. The highest BCUT2D eigenvalue weighted by molar-refractivity contribution is 6.17. The van der Waals surface area contributed by atoms with E-state index in [1.165, 1.54) is 6.08 Å². The molecule has 1 aliphatic carbocycles. The van der Waals surface area contributed by atoms with Crippen LogP contribution in [0.1, 0.15) is 19.8 Å². The van der Waals surface area contributed by atoms with Crippen LogP contribution >= 0.6 is 11.6 Å². The Kier molecular flexibility index (Phi) is 4.90. The summed E-state index contributed by atoms with van der Waals surface area (Å²) in [6.07, 6.45) is 1.55. The van der Waals surface area contributed by atoms with Gasteiger partial charge in [0.15, 0.2) is 0 Å². The summed E-state index contributed by atoms with van der Waals surface area (Å²) in [5.74, 6) is -0.356. The summed E-state index contributed by atoms with van der Waals surface area (Å²) in [5, 5.41) is 10.9. The second kappa shape index (κ2) is 6.03. The molecule has 0 aromatic carbocycles. The minimum Gasteiger partial charge on any atom is -0.464 e. The Hall–Kier alpha value is -1.60. The third-order valence-electron chi connectivity index (χ3n) is 2.95. The molecule has 0 amide bonds. The van der Waals surface area contributed by atoms with E-state index in [1.807, 2.05) is 0 Å². The Bertz CT molecular complexity index is 461. The van der Waals surface area contributed by atoms with Crippen LogP contribution in [-0.4, -0.2) is 28.9 Å². The van der Waals surface area contributed by atoms with Crippen molar-refractivity contribution in [3.05, 3.63) is 33.2 Å². The van der Waals surface area contributed by atoms with Gasteiger partial charge in [0, 0.05) is 5.88 Å². The fraction of sp³-hybridized carbons (Fsp3) is 0.545. The zero-order valence-corrected chi connectivity index (χ0v) is 11.3. The van der Waals surface area contributed by atoms with Crippen LogP contribution in [0.25, 0.3) is 0 Å². The van der Waals surface area contributed by atoms with E-state index < -0.39 is 16.4 Å². The average molecular weight is 290 g/mol. The number of esters is 1. The lowest BCUT2D eigenvalue weighted by Crippen LogP contribution is -2.52. The first-order chi connectivity index (χ1) is 8.82. The van der Waals surface area contributed by atoms with Gasteiger partial charge in [-0.3, -0.25) is 10.1 Å². The number of nitrogens with zero attached hydrogens (tertiary/aromatic N) is 1. The number of hydrogen-bond donors (Lipinski definition) is 2. The maximum absolute atomic E-state index is 12.0. The first kappa shape index (κ1) is 15.5. The predicted octanol–water partition coefficient (Wildman–Crippen LogP) is 0.653. The molecule has 8 heteroatoms. The lowest BCUT2D eigenvalue weighted by molar-refractivity contribution is -0.430. The number of carbonyl (C=O) groups is 1. The van der Waals surface area contributed by atoms with E-state index >= 15 is 0 Å². The highest BCUT2D eigenvalue weighted by Gasteiger charge is 2.44. The molecular weight excluding hydrogens is 274 g/mol. The maximum Gasteiger partial charge on any atom is 0.331 e. The largest absolute Gasteiger partial charge is 0.464 e. The molecule has 1 atom stereocenters. The molecular formula is C11H16ClN3O4. The molecule has 0 aliphatic heterocycles. The summed E-state index contributed by atoms with van der Waals surface area (Å²) in [6, 6.07) is 0. The Morgan fingerprint density at radius 2 is 2.32 bits per heavy atom. The summed E-state index contributed by atoms with van der Waals surface area (Å²) in [7, 11) is 0. The molecule has 0 aromatic rings. The van der Waals surface area contributed by atoms with Crippen molar-refractivity contribution in [3.63, 3.8) is 0 Å². The maximum atomic E-state index is 12.0. The SMILES string of the molecule is CC1=CC(N)=C([N+](=O)[O-])CC1(N)C(=O)OCCCCl. The van der Waals surface area contributed by atoms with Gasteiger partial charge in [0.25, 0.3) is 5.70 Å². The molecule has 0 aromatic heterocycles. The van der Waals surface area contributed by atoms with E-state index in [1.54, 1.807) is 6.92 Å². The molecule has 1 aliphatic rings. The van der Waals surface area contributed by atoms with Gasteiger partial charge in [-0.05, 0) is 25.0 Å². The molecule has 0 bridgehead atoms. The predicted molar refractivity (Wildman–Crippen MR) is 69.8 cm³/mol.